The Morgan fingerprint density at radius 2 is 0.388 bits per heavy atom. The largest absolute Gasteiger partial charge is 0.311 e. The standard InChI is InChI=1S/C94H64N4/c1-3-17-65(18-4-1)68-39-50-79(51-40-68)95(81-56-45-72(46-57-81)74-21-15-23-84(62-74)97-91-29-11-7-25-87(91)88-26-8-12-30-92(88)97)80-52-43-70(44-53-80)67-33-35-71(36-34-67)76-37-38-78-64-86(60-49-77(78)61-76)96(82-54-41-69(42-55-82)66-19-5-2-6-20-66)83-58-47-73(48-59-83)75-22-16-24-85(63-75)98-93-31-13-9-27-89(93)90-28-10-14-32-94(90)98/h1-64H. The van der Waals surface area contributed by atoms with Crippen molar-refractivity contribution in [2.75, 3.05) is 9.80 Å². The van der Waals surface area contributed by atoms with Crippen LogP contribution in [-0.4, -0.2) is 9.13 Å². The summed E-state index contributed by atoms with van der Waals surface area (Å²) in [6.07, 6.45) is 0. The van der Waals surface area contributed by atoms with Crippen molar-refractivity contribution in [2.24, 2.45) is 0 Å². The number of rotatable bonds is 14. The molecule has 0 atom stereocenters. The smallest absolute Gasteiger partial charge is 0.0541 e. The van der Waals surface area contributed by atoms with Gasteiger partial charge in [0.25, 0.3) is 0 Å². The van der Waals surface area contributed by atoms with Gasteiger partial charge in [0.1, 0.15) is 0 Å². The van der Waals surface area contributed by atoms with E-state index in [1.54, 1.807) is 0 Å². The number of para-hydroxylation sites is 4. The molecule has 0 aliphatic rings. The van der Waals surface area contributed by atoms with Gasteiger partial charge in [0, 0.05) is 67.0 Å². The third-order valence-electron chi connectivity index (χ3n) is 19.5. The number of benzene rings is 16. The summed E-state index contributed by atoms with van der Waals surface area (Å²) in [4.78, 5) is 4.73. The van der Waals surface area contributed by atoms with Gasteiger partial charge in [0.05, 0.1) is 22.1 Å². The van der Waals surface area contributed by atoms with Gasteiger partial charge in [-0.15, -0.1) is 0 Å². The average Bonchev–Trinajstić information content (AvgIpc) is 1.61. The Morgan fingerprint density at radius 3 is 0.745 bits per heavy atom. The lowest BCUT2D eigenvalue weighted by atomic mass is 9.97. The molecule has 0 unspecified atom stereocenters. The maximum absolute atomic E-state index is 2.39. The van der Waals surface area contributed by atoms with E-state index < -0.39 is 0 Å². The fraction of sp³-hybridized carbons (Fsp3) is 0. The molecule has 0 radical (unpaired) electrons. The molecule has 4 nitrogen and oxygen atoms in total. The Balaban J connectivity index is 0.620. The van der Waals surface area contributed by atoms with Gasteiger partial charge in [-0.2, -0.15) is 0 Å². The Kier molecular flexibility index (Phi) is 14.5. The zero-order chi connectivity index (χ0) is 64.9. The summed E-state index contributed by atoms with van der Waals surface area (Å²) in [7, 11) is 0. The summed E-state index contributed by atoms with van der Waals surface area (Å²) >= 11 is 0. The van der Waals surface area contributed by atoms with Gasteiger partial charge in [-0.05, 0) is 205 Å². The zero-order valence-electron chi connectivity index (χ0n) is 53.7. The number of aromatic nitrogens is 2. The minimum absolute atomic E-state index is 1.08. The lowest BCUT2D eigenvalue weighted by molar-refractivity contribution is 1.18. The Bertz CT molecular complexity index is 5830. The molecule has 0 bridgehead atoms. The maximum atomic E-state index is 2.39. The summed E-state index contributed by atoms with van der Waals surface area (Å²) in [5.74, 6) is 0. The van der Waals surface area contributed by atoms with E-state index in [4.69, 9.17) is 0 Å². The highest BCUT2D eigenvalue weighted by molar-refractivity contribution is 6.10. The monoisotopic (exact) mass is 1250 g/mol. The van der Waals surface area contributed by atoms with Crippen LogP contribution in [0.1, 0.15) is 0 Å². The van der Waals surface area contributed by atoms with Crippen molar-refractivity contribution in [3.8, 4) is 78.1 Å². The summed E-state index contributed by atoms with van der Waals surface area (Å²) in [6.45, 7) is 0. The van der Waals surface area contributed by atoms with Crippen molar-refractivity contribution in [2.45, 2.75) is 0 Å². The van der Waals surface area contributed by atoms with Gasteiger partial charge in [0.15, 0.2) is 0 Å². The van der Waals surface area contributed by atoms with Crippen LogP contribution in [0, 0.1) is 0 Å². The topological polar surface area (TPSA) is 16.3 Å². The quantitative estimate of drug-likeness (QED) is 0.108. The van der Waals surface area contributed by atoms with Gasteiger partial charge in [0.2, 0.25) is 0 Å². The first kappa shape index (κ1) is 57.6. The molecule has 18 aromatic rings. The highest BCUT2D eigenvalue weighted by Gasteiger charge is 2.19. The molecule has 0 spiro atoms. The first-order valence-electron chi connectivity index (χ1n) is 33.6. The molecule has 460 valence electrons. The molecule has 16 aromatic carbocycles. The summed E-state index contributed by atoms with van der Waals surface area (Å²) in [6, 6.07) is 141. The summed E-state index contributed by atoms with van der Waals surface area (Å²) in [5.41, 5.74) is 27.7. The molecule has 4 heteroatoms. The highest BCUT2D eigenvalue weighted by atomic mass is 15.1. The van der Waals surface area contributed by atoms with Crippen LogP contribution in [0.15, 0.2) is 388 Å². The normalized spacial score (nSPS) is 11.5. The number of anilines is 6. The van der Waals surface area contributed by atoms with Crippen molar-refractivity contribution in [3.05, 3.63) is 388 Å². The first-order valence-corrected chi connectivity index (χ1v) is 33.6. The van der Waals surface area contributed by atoms with Crippen LogP contribution in [0.5, 0.6) is 0 Å². The fourth-order valence-corrected chi connectivity index (χ4v) is 14.6. The van der Waals surface area contributed by atoms with E-state index in [2.05, 4.69) is 407 Å². The maximum Gasteiger partial charge on any atom is 0.0541 e. The number of hydrogen-bond donors (Lipinski definition) is 0. The van der Waals surface area contributed by atoms with Crippen molar-refractivity contribution in [3.63, 3.8) is 0 Å². The van der Waals surface area contributed by atoms with Crippen molar-refractivity contribution < 1.29 is 0 Å². The minimum Gasteiger partial charge on any atom is -0.311 e. The summed E-state index contributed by atoms with van der Waals surface area (Å²) < 4.78 is 4.77. The predicted molar refractivity (Wildman–Crippen MR) is 415 cm³/mol. The van der Waals surface area contributed by atoms with Crippen molar-refractivity contribution in [1.82, 2.24) is 9.13 Å². The molecule has 0 saturated heterocycles. The van der Waals surface area contributed by atoms with Gasteiger partial charge in [-0.3, -0.25) is 0 Å². The molecular formula is C94H64N4. The van der Waals surface area contributed by atoms with Gasteiger partial charge in [-0.25, -0.2) is 0 Å². The van der Waals surface area contributed by atoms with Gasteiger partial charge >= 0.3 is 0 Å². The molecule has 2 aromatic heterocycles. The molecule has 0 amide bonds. The molecule has 0 aliphatic heterocycles. The zero-order valence-corrected chi connectivity index (χ0v) is 53.7. The summed E-state index contributed by atoms with van der Waals surface area (Å²) in [5, 5.41) is 7.39. The SMILES string of the molecule is c1ccc(-c2ccc(N(c3ccc(-c4ccc(-c5ccc6cc(N(c7ccc(-c8ccccc8)cc7)c7ccc(-c8cccc(-n9c%10ccccc%10c%10ccccc%109)c8)cc7)ccc6c5)cc4)cc3)c3ccc(-c4cccc(-n5c6ccccc6c6ccccc65)c4)cc3)cc2)cc1. The third kappa shape index (κ3) is 10.6. The van der Waals surface area contributed by atoms with Crippen molar-refractivity contribution in [1.29, 1.82) is 0 Å². The lowest BCUT2D eigenvalue weighted by Crippen LogP contribution is -2.09. The molecule has 0 aliphatic carbocycles. The molecule has 2 heterocycles. The molecule has 0 N–H and O–H groups in total. The van der Waals surface area contributed by atoms with Crippen LogP contribution in [0.3, 0.4) is 0 Å². The lowest BCUT2D eigenvalue weighted by Gasteiger charge is -2.26. The van der Waals surface area contributed by atoms with Crippen LogP contribution in [-0.2, 0) is 0 Å². The van der Waals surface area contributed by atoms with Crippen LogP contribution in [0.2, 0.25) is 0 Å². The van der Waals surface area contributed by atoms with E-state index in [0.717, 1.165) is 73.3 Å². The van der Waals surface area contributed by atoms with E-state index in [9.17, 15) is 0 Å². The van der Waals surface area contributed by atoms with Gasteiger partial charge < -0.3 is 18.9 Å². The van der Waals surface area contributed by atoms with Crippen LogP contribution in [0.4, 0.5) is 34.1 Å². The average molecular weight is 1250 g/mol. The second-order valence-corrected chi connectivity index (χ2v) is 25.3. The van der Waals surface area contributed by atoms with Crippen molar-refractivity contribution >= 4 is 88.5 Å². The molecule has 98 heavy (non-hydrogen) atoms. The van der Waals surface area contributed by atoms with E-state index >= 15 is 0 Å². The van der Waals surface area contributed by atoms with E-state index in [-0.39, 0.29) is 0 Å². The van der Waals surface area contributed by atoms with E-state index in [1.807, 2.05) is 0 Å². The van der Waals surface area contributed by atoms with Gasteiger partial charge in [-0.1, -0.05) is 261 Å². The Labute approximate surface area is 570 Å². The van der Waals surface area contributed by atoms with E-state index in [1.165, 1.54) is 93.3 Å². The number of fused-ring (bicyclic) bond motifs is 7. The number of hydrogen-bond acceptors (Lipinski definition) is 2. The Morgan fingerprint density at radius 1 is 0.153 bits per heavy atom. The molecular weight excluding hydrogens is 1190 g/mol. The Hall–Kier alpha value is -13.0. The number of nitrogens with zero attached hydrogens (tertiary/aromatic N) is 4. The minimum atomic E-state index is 1.08. The highest BCUT2D eigenvalue weighted by Crippen LogP contribution is 2.43. The first-order chi connectivity index (χ1) is 48.6. The third-order valence-corrected chi connectivity index (χ3v) is 19.5. The second kappa shape index (κ2) is 24.7. The van der Waals surface area contributed by atoms with Crippen LogP contribution >= 0.6 is 0 Å². The predicted octanol–water partition coefficient (Wildman–Crippen LogP) is 26.0. The fourth-order valence-electron chi connectivity index (χ4n) is 14.6. The molecule has 0 fully saturated rings. The van der Waals surface area contributed by atoms with E-state index in [0.29, 0.717) is 0 Å². The molecule has 0 saturated carbocycles. The van der Waals surface area contributed by atoms with Crippen LogP contribution < -0.4 is 9.80 Å². The second-order valence-electron chi connectivity index (χ2n) is 25.3. The molecule has 18 rings (SSSR count). The van der Waals surface area contributed by atoms with Crippen LogP contribution in [0.25, 0.3) is 133 Å².